The van der Waals surface area contributed by atoms with E-state index in [2.05, 4.69) is 14.8 Å². The Kier molecular flexibility index (Phi) is 6.94. The zero-order valence-corrected chi connectivity index (χ0v) is 19.2. The van der Waals surface area contributed by atoms with E-state index in [9.17, 15) is 41.3 Å². The Labute approximate surface area is 207 Å². The summed E-state index contributed by atoms with van der Waals surface area (Å²) in [7, 11) is 0. The summed E-state index contributed by atoms with van der Waals surface area (Å²) < 4.78 is 79.8. The number of halogens is 6. The molecule has 0 saturated carbocycles. The molecule has 0 N–H and O–H groups in total. The molecule has 37 heavy (non-hydrogen) atoms. The highest BCUT2D eigenvalue weighted by atomic mass is 32.1. The van der Waals surface area contributed by atoms with Crippen LogP contribution in [0.4, 0.5) is 37.2 Å². The van der Waals surface area contributed by atoms with Crippen LogP contribution >= 0.6 is 11.3 Å². The Morgan fingerprint density at radius 1 is 1.05 bits per heavy atom. The van der Waals surface area contributed by atoms with Crippen molar-refractivity contribution in [2.24, 2.45) is 5.10 Å². The predicted octanol–water partition coefficient (Wildman–Crippen LogP) is 4.64. The van der Waals surface area contributed by atoms with E-state index < -0.39 is 39.7 Å². The Balaban J connectivity index is 1.48. The number of fused-ring (bicyclic) bond motifs is 1. The number of hydrogen-bond donors (Lipinski definition) is 0. The summed E-state index contributed by atoms with van der Waals surface area (Å²) in [4.78, 5) is 28.5. The zero-order chi connectivity index (χ0) is 27.0. The van der Waals surface area contributed by atoms with Crippen LogP contribution in [0, 0.1) is 10.1 Å². The highest BCUT2D eigenvalue weighted by Gasteiger charge is 2.34. The quantitative estimate of drug-likeness (QED) is 0.199. The van der Waals surface area contributed by atoms with Crippen LogP contribution in [0.5, 0.6) is 5.75 Å². The van der Waals surface area contributed by atoms with Crippen LogP contribution in [0.3, 0.4) is 0 Å². The number of aromatic nitrogens is 1. The standard InChI is InChI=1S/C21H15F6N5O4S/c22-20(23,24)13-9-15-17(16(10-13)32(34)35)37-19(29-18(15)33)30-5-7-31(8-6-30)28-11-12-1-3-14(4-2-12)36-21(25,26)27/h1-4,9-11H,5-8H2/b28-11+. The summed E-state index contributed by atoms with van der Waals surface area (Å²) in [5.41, 5.74) is -2.61. The van der Waals surface area contributed by atoms with E-state index >= 15 is 0 Å². The van der Waals surface area contributed by atoms with E-state index in [-0.39, 0.29) is 15.6 Å². The Morgan fingerprint density at radius 2 is 1.70 bits per heavy atom. The fourth-order valence-corrected chi connectivity index (χ4v) is 4.60. The lowest BCUT2D eigenvalue weighted by molar-refractivity contribution is -0.383. The monoisotopic (exact) mass is 547 g/mol. The van der Waals surface area contributed by atoms with Gasteiger partial charge in [0.15, 0.2) is 5.13 Å². The van der Waals surface area contributed by atoms with Crippen LogP contribution in [-0.2, 0) is 6.18 Å². The summed E-state index contributed by atoms with van der Waals surface area (Å²) in [5, 5.41) is 17.0. The van der Waals surface area contributed by atoms with Gasteiger partial charge < -0.3 is 9.64 Å². The molecule has 16 heteroatoms. The summed E-state index contributed by atoms with van der Waals surface area (Å²) in [6.45, 7) is 1.31. The molecule has 1 aliphatic rings. The van der Waals surface area contributed by atoms with Crippen molar-refractivity contribution in [1.29, 1.82) is 0 Å². The fraction of sp³-hybridized carbons (Fsp3) is 0.286. The summed E-state index contributed by atoms with van der Waals surface area (Å²) in [6.07, 6.45) is -8.22. The second kappa shape index (κ2) is 9.84. The van der Waals surface area contributed by atoms with Gasteiger partial charge in [-0.15, -0.1) is 13.2 Å². The molecule has 2 heterocycles. The molecular weight excluding hydrogens is 532 g/mol. The molecule has 4 rings (SSSR count). The summed E-state index contributed by atoms with van der Waals surface area (Å²) >= 11 is 0.755. The van der Waals surface area contributed by atoms with Gasteiger partial charge in [0.05, 0.1) is 35.2 Å². The van der Waals surface area contributed by atoms with Gasteiger partial charge >= 0.3 is 12.5 Å². The van der Waals surface area contributed by atoms with Crippen molar-refractivity contribution in [3.63, 3.8) is 0 Å². The number of benzene rings is 2. The van der Waals surface area contributed by atoms with Crippen LogP contribution in [0.2, 0.25) is 0 Å². The largest absolute Gasteiger partial charge is 0.573 e. The van der Waals surface area contributed by atoms with E-state index in [1.807, 2.05) is 0 Å². The first-order valence-electron chi connectivity index (χ1n) is 10.4. The molecule has 0 spiro atoms. The van der Waals surface area contributed by atoms with Gasteiger partial charge in [0.1, 0.15) is 10.4 Å². The van der Waals surface area contributed by atoms with Crippen LogP contribution in [0.25, 0.3) is 10.1 Å². The second-order valence-electron chi connectivity index (χ2n) is 7.73. The molecule has 3 aromatic rings. The average Bonchev–Trinajstić information content (AvgIpc) is 2.81. The van der Waals surface area contributed by atoms with E-state index in [0.29, 0.717) is 43.9 Å². The third-order valence-electron chi connectivity index (χ3n) is 5.22. The lowest BCUT2D eigenvalue weighted by Gasteiger charge is -2.33. The molecular formula is C21H15F6N5O4S. The molecule has 0 radical (unpaired) electrons. The first-order chi connectivity index (χ1) is 17.3. The van der Waals surface area contributed by atoms with Gasteiger partial charge in [-0.1, -0.05) is 11.3 Å². The molecule has 9 nitrogen and oxygen atoms in total. The Hall–Kier alpha value is -3.95. The molecule has 0 unspecified atom stereocenters. The maximum atomic E-state index is 13.1. The fourth-order valence-electron chi connectivity index (χ4n) is 3.48. The van der Waals surface area contributed by atoms with Gasteiger partial charge in [0, 0.05) is 19.2 Å². The highest BCUT2D eigenvalue weighted by molar-refractivity contribution is 7.22. The summed E-state index contributed by atoms with van der Waals surface area (Å²) in [5.74, 6) is -0.366. The minimum atomic E-state index is -4.87. The van der Waals surface area contributed by atoms with Gasteiger partial charge in [-0.2, -0.15) is 23.3 Å². The SMILES string of the molecule is O=c1nc(N2CCN(/N=C/c3ccc(OC(F)(F)F)cc3)CC2)sc2c([N+](=O)[O-])cc(C(F)(F)F)cc12. The molecule has 0 atom stereocenters. The van der Waals surface area contributed by atoms with Crippen molar-refractivity contribution in [1.82, 2.24) is 9.99 Å². The van der Waals surface area contributed by atoms with Crippen molar-refractivity contribution in [3.05, 3.63) is 68.0 Å². The second-order valence-corrected chi connectivity index (χ2v) is 8.71. The molecule has 0 amide bonds. The first kappa shape index (κ1) is 26.1. The molecule has 1 aliphatic heterocycles. The van der Waals surface area contributed by atoms with Crippen LogP contribution in [0.15, 0.2) is 46.3 Å². The minimum absolute atomic E-state index is 0.129. The smallest absolute Gasteiger partial charge is 0.406 e. The van der Waals surface area contributed by atoms with Crippen LogP contribution < -0.4 is 15.2 Å². The first-order valence-corrected chi connectivity index (χ1v) is 11.2. The molecule has 2 aromatic carbocycles. The number of piperazine rings is 1. The van der Waals surface area contributed by atoms with Crippen LogP contribution in [0.1, 0.15) is 11.1 Å². The number of anilines is 1. The van der Waals surface area contributed by atoms with E-state index in [1.165, 1.54) is 18.3 Å². The molecule has 1 fully saturated rings. The number of rotatable bonds is 5. The number of hydrogen-bond acceptors (Lipinski definition) is 9. The lowest BCUT2D eigenvalue weighted by atomic mass is 10.1. The van der Waals surface area contributed by atoms with Gasteiger partial charge in [-0.25, -0.2) is 0 Å². The van der Waals surface area contributed by atoms with Crippen molar-refractivity contribution in [2.45, 2.75) is 12.5 Å². The molecule has 1 saturated heterocycles. The van der Waals surface area contributed by atoms with Gasteiger partial charge in [-0.3, -0.25) is 19.9 Å². The van der Waals surface area contributed by atoms with Crippen molar-refractivity contribution < 1.29 is 36.0 Å². The minimum Gasteiger partial charge on any atom is -0.406 e. The Morgan fingerprint density at radius 3 is 2.27 bits per heavy atom. The molecule has 0 aliphatic carbocycles. The number of nitro benzene ring substituents is 1. The maximum absolute atomic E-state index is 13.1. The van der Waals surface area contributed by atoms with Crippen LogP contribution in [-0.4, -0.2) is 53.7 Å². The van der Waals surface area contributed by atoms with E-state index in [4.69, 9.17) is 0 Å². The van der Waals surface area contributed by atoms with Gasteiger partial charge in [0.2, 0.25) is 0 Å². The summed E-state index contributed by atoms with van der Waals surface area (Å²) in [6, 6.07) is 6.06. The van der Waals surface area contributed by atoms with Crippen molar-refractivity contribution in [3.8, 4) is 5.75 Å². The lowest BCUT2D eigenvalue weighted by Crippen LogP contribution is -2.44. The zero-order valence-electron chi connectivity index (χ0n) is 18.4. The number of nitrogens with zero attached hydrogens (tertiary/aromatic N) is 5. The van der Waals surface area contributed by atoms with E-state index in [1.54, 1.807) is 9.91 Å². The normalized spacial score (nSPS) is 15.0. The number of hydrazone groups is 1. The van der Waals surface area contributed by atoms with E-state index in [0.717, 1.165) is 23.5 Å². The highest BCUT2D eigenvalue weighted by Crippen LogP contribution is 2.38. The average molecular weight is 547 g/mol. The third-order valence-corrected chi connectivity index (χ3v) is 6.39. The topological polar surface area (TPSA) is 101 Å². The maximum Gasteiger partial charge on any atom is 0.573 e. The molecule has 0 bridgehead atoms. The number of alkyl halides is 6. The number of non-ortho nitro benzene ring substituents is 1. The van der Waals surface area contributed by atoms with Crippen molar-refractivity contribution >= 4 is 38.5 Å². The van der Waals surface area contributed by atoms with Crippen molar-refractivity contribution in [2.75, 3.05) is 31.1 Å². The number of nitro groups is 1. The predicted molar refractivity (Wildman–Crippen MR) is 122 cm³/mol. The molecule has 196 valence electrons. The van der Waals surface area contributed by atoms with Gasteiger partial charge in [-0.05, 0) is 35.9 Å². The Bertz CT molecular complexity index is 1400. The van der Waals surface area contributed by atoms with Gasteiger partial charge in [0.25, 0.3) is 11.2 Å². The third kappa shape index (κ3) is 6.25. The molecule has 1 aromatic heterocycles. The number of ether oxygens (including phenoxy) is 1.